The maximum atomic E-state index is 12.9. The van der Waals surface area contributed by atoms with Gasteiger partial charge in [-0.3, -0.25) is 9.59 Å². The van der Waals surface area contributed by atoms with Gasteiger partial charge in [-0.05, 0) is 38.3 Å². The van der Waals surface area contributed by atoms with Gasteiger partial charge >= 0.3 is 6.03 Å². The Bertz CT molecular complexity index is 1060. The third kappa shape index (κ3) is 3.31. The van der Waals surface area contributed by atoms with Gasteiger partial charge in [0.2, 0.25) is 11.7 Å². The summed E-state index contributed by atoms with van der Waals surface area (Å²) in [6.07, 6.45) is 0. The van der Waals surface area contributed by atoms with Crippen molar-refractivity contribution < 1.29 is 19.5 Å². The number of nitrogens with zero attached hydrogens (tertiary/aromatic N) is 1. The third-order valence-electron chi connectivity index (χ3n) is 3.89. The predicted molar refractivity (Wildman–Crippen MR) is 104 cm³/mol. The van der Waals surface area contributed by atoms with Gasteiger partial charge in [-0.1, -0.05) is 18.2 Å². The molecule has 27 heavy (non-hydrogen) atoms. The minimum Gasteiger partial charge on any atom is -0.494 e. The molecule has 3 aromatic rings. The molecule has 8 heteroatoms. The molecule has 2 aromatic heterocycles. The maximum absolute atomic E-state index is 12.9. The number of primary amides is 1. The highest BCUT2D eigenvalue weighted by molar-refractivity contribution is 7.12. The molecule has 3 rings (SSSR count). The van der Waals surface area contributed by atoms with Crippen LogP contribution in [0.25, 0.3) is 10.9 Å². The fourth-order valence-electron chi connectivity index (χ4n) is 2.90. The number of carbonyl (C=O) groups is 3. The molecule has 0 aliphatic carbocycles. The largest absolute Gasteiger partial charge is 0.494 e. The fraction of sp³-hybridized carbons (Fsp3) is 0.211. The van der Waals surface area contributed by atoms with Gasteiger partial charge in [0.15, 0.2) is 0 Å². The second-order valence-electron chi connectivity index (χ2n) is 7.08. The summed E-state index contributed by atoms with van der Waals surface area (Å²) in [6.45, 7) is 5.35. The van der Waals surface area contributed by atoms with Crippen LogP contribution in [0.2, 0.25) is 0 Å². The van der Waals surface area contributed by atoms with E-state index in [9.17, 15) is 19.5 Å². The predicted octanol–water partition coefficient (Wildman–Crippen LogP) is 3.09. The molecule has 2 heterocycles. The van der Waals surface area contributed by atoms with Crippen molar-refractivity contribution in [2.45, 2.75) is 26.3 Å². The van der Waals surface area contributed by atoms with Crippen LogP contribution in [0.15, 0.2) is 35.7 Å². The van der Waals surface area contributed by atoms with Crippen molar-refractivity contribution in [2.75, 3.05) is 0 Å². The van der Waals surface area contributed by atoms with Gasteiger partial charge in [-0.2, -0.15) is 0 Å². The lowest BCUT2D eigenvalue weighted by molar-refractivity contribution is 0.0918. The van der Waals surface area contributed by atoms with Crippen LogP contribution < -0.4 is 11.1 Å². The summed E-state index contributed by atoms with van der Waals surface area (Å²) in [5.74, 6) is -1.50. The Balaban J connectivity index is 2.33. The first-order valence-electron chi connectivity index (χ1n) is 8.18. The van der Waals surface area contributed by atoms with E-state index in [1.54, 1.807) is 50.4 Å². The van der Waals surface area contributed by atoms with Crippen LogP contribution in [0, 0.1) is 0 Å². The average Bonchev–Trinajstić information content (AvgIpc) is 3.17. The number of amides is 2. The van der Waals surface area contributed by atoms with E-state index in [0.29, 0.717) is 4.88 Å². The second-order valence-corrected chi connectivity index (χ2v) is 8.03. The van der Waals surface area contributed by atoms with Gasteiger partial charge in [-0.15, -0.1) is 11.3 Å². The van der Waals surface area contributed by atoms with E-state index in [4.69, 9.17) is 5.73 Å². The van der Waals surface area contributed by atoms with Crippen molar-refractivity contribution in [2.24, 2.45) is 5.73 Å². The summed E-state index contributed by atoms with van der Waals surface area (Å²) in [4.78, 5) is 38.2. The SMILES string of the molecule is CC(C)(C)NC(=O)c1c(O)n(C(N)=O)c2cccc(C(=O)c3cccs3)c12. The number of hydrogen-bond acceptors (Lipinski definition) is 5. The number of nitrogens with one attached hydrogen (secondary N) is 1. The van der Waals surface area contributed by atoms with E-state index in [2.05, 4.69) is 5.32 Å². The minimum atomic E-state index is -0.951. The Hall–Kier alpha value is -3.13. The molecule has 7 nitrogen and oxygen atoms in total. The van der Waals surface area contributed by atoms with Crippen LogP contribution in [-0.4, -0.2) is 32.9 Å². The number of ketones is 1. The van der Waals surface area contributed by atoms with Crippen LogP contribution >= 0.6 is 11.3 Å². The van der Waals surface area contributed by atoms with Crippen molar-refractivity contribution in [1.29, 1.82) is 0 Å². The fourth-order valence-corrected chi connectivity index (χ4v) is 3.58. The molecule has 0 aliphatic rings. The van der Waals surface area contributed by atoms with Crippen molar-refractivity contribution in [3.63, 3.8) is 0 Å². The molecule has 2 amide bonds. The first kappa shape index (κ1) is 18.7. The van der Waals surface area contributed by atoms with Crippen LogP contribution in [0.1, 0.15) is 46.4 Å². The molecule has 140 valence electrons. The molecule has 0 fully saturated rings. The number of aromatic hydroxyl groups is 1. The first-order valence-corrected chi connectivity index (χ1v) is 9.06. The highest BCUT2D eigenvalue weighted by atomic mass is 32.1. The second kappa shape index (κ2) is 6.55. The van der Waals surface area contributed by atoms with Gasteiger partial charge in [0.05, 0.1) is 10.4 Å². The lowest BCUT2D eigenvalue weighted by Crippen LogP contribution is -2.40. The number of hydrogen-bond donors (Lipinski definition) is 3. The molecule has 0 spiro atoms. The molecular formula is C19H19N3O4S. The van der Waals surface area contributed by atoms with Crippen molar-refractivity contribution in [3.8, 4) is 5.88 Å². The summed E-state index contributed by atoms with van der Waals surface area (Å²) in [5, 5.41) is 15.3. The molecule has 0 aliphatic heterocycles. The minimum absolute atomic E-state index is 0.153. The Morgan fingerprint density at radius 1 is 1.15 bits per heavy atom. The molecule has 4 N–H and O–H groups in total. The number of carbonyl (C=O) groups excluding carboxylic acids is 3. The Morgan fingerprint density at radius 2 is 1.85 bits per heavy atom. The van der Waals surface area contributed by atoms with E-state index >= 15 is 0 Å². The van der Waals surface area contributed by atoms with Crippen molar-refractivity contribution >= 4 is 40.0 Å². The number of fused-ring (bicyclic) bond motifs is 1. The summed E-state index contributed by atoms with van der Waals surface area (Å²) in [7, 11) is 0. The number of benzene rings is 1. The van der Waals surface area contributed by atoms with Gasteiger partial charge in [-0.25, -0.2) is 9.36 Å². The standard InChI is InChI=1S/C19H19N3O4S/c1-19(2,3)21-16(24)14-13-10(15(23)12-8-5-9-27-12)6-4-7-11(13)22(17(14)25)18(20)26/h4-9,25H,1-3H3,(H2,20,26)(H,21,24). The summed E-state index contributed by atoms with van der Waals surface area (Å²) < 4.78 is 0.831. The van der Waals surface area contributed by atoms with E-state index in [0.717, 1.165) is 4.57 Å². The molecule has 0 radical (unpaired) electrons. The molecule has 0 bridgehead atoms. The molecular weight excluding hydrogens is 366 g/mol. The van der Waals surface area contributed by atoms with Crippen LogP contribution in [-0.2, 0) is 0 Å². The zero-order chi connectivity index (χ0) is 19.9. The lowest BCUT2D eigenvalue weighted by atomic mass is 10.00. The number of aromatic nitrogens is 1. The Morgan fingerprint density at radius 3 is 2.41 bits per heavy atom. The number of thiophene rings is 1. The van der Waals surface area contributed by atoms with Gasteiger partial charge in [0.25, 0.3) is 5.91 Å². The van der Waals surface area contributed by atoms with Gasteiger partial charge < -0.3 is 16.2 Å². The smallest absolute Gasteiger partial charge is 0.326 e. The van der Waals surface area contributed by atoms with Crippen LogP contribution in [0.3, 0.4) is 0 Å². The number of rotatable bonds is 3. The Kier molecular flexibility index (Phi) is 4.52. The highest BCUT2D eigenvalue weighted by Crippen LogP contribution is 2.35. The molecule has 1 aromatic carbocycles. The maximum Gasteiger partial charge on any atom is 0.326 e. The molecule has 0 atom stereocenters. The van der Waals surface area contributed by atoms with Gasteiger partial charge in [0, 0.05) is 16.5 Å². The molecule has 0 saturated heterocycles. The topological polar surface area (TPSA) is 114 Å². The van der Waals surface area contributed by atoms with Crippen LogP contribution in [0.5, 0.6) is 5.88 Å². The summed E-state index contributed by atoms with van der Waals surface area (Å²) in [5.41, 5.74) is 5.06. The normalized spacial score (nSPS) is 11.5. The third-order valence-corrected chi connectivity index (χ3v) is 4.76. The summed E-state index contributed by atoms with van der Waals surface area (Å²) in [6, 6.07) is 7.13. The average molecular weight is 385 g/mol. The van der Waals surface area contributed by atoms with E-state index in [1.165, 1.54) is 17.4 Å². The van der Waals surface area contributed by atoms with Gasteiger partial charge in [0.1, 0.15) is 5.56 Å². The zero-order valence-corrected chi connectivity index (χ0v) is 15.9. The lowest BCUT2D eigenvalue weighted by Gasteiger charge is -2.20. The summed E-state index contributed by atoms with van der Waals surface area (Å²) >= 11 is 1.26. The monoisotopic (exact) mass is 385 g/mol. The van der Waals surface area contributed by atoms with E-state index in [-0.39, 0.29) is 27.8 Å². The van der Waals surface area contributed by atoms with Crippen molar-refractivity contribution in [1.82, 2.24) is 9.88 Å². The highest BCUT2D eigenvalue weighted by Gasteiger charge is 2.30. The van der Waals surface area contributed by atoms with Crippen molar-refractivity contribution in [3.05, 3.63) is 51.7 Å². The number of nitrogens with two attached hydrogens (primary N) is 1. The quantitative estimate of drug-likeness (QED) is 0.601. The van der Waals surface area contributed by atoms with E-state index < -0.39 is 23.4 Å². The molecule has 0 saturated carbocycles. The Labute approximate surface area is 159 Å². The molecule has 0 unspecified atom stereocenters. The zero-order valence-electron chi connectivity index (χ0n) is 15.1. The first-order chi connectivity index (χ1) is 12.6. The van der Waals surface area contributed by atoms with E-state index in [1.807, 2.05) is 0 Å². The van der Waals surface area contributed by atoms with Crippen LogP contribution in [0.4, 0.5) is 4.79 Å².